The van der Waals surface area contributed by atoms with Crippen molar-refractivity contribution in [1.29, 1.82) is 0 Å². The molecule has 1 aromatic carbocycles. The minimum Gasteiger partial charge on any atom is -0.351 e. The summed E-state index contributed by atoms with van der Waals surface area (Å²) >= 11 is 5.94. The fourth-order valence-electron chi connectivity index (χ4n) is 1.67. The van der Waals surface area contributed by atoms with Crippen molar-refractivity contribution in [3.8, 4) is 11.3 Å². The Bertz CT molecular complexity index is 703. The van der Waals surface area contributed by atoms with Crippen molar-refractivity contribution in [2.75, 3.05) is 4.90 Å². The van der Waals surface area contributed by atoms with Crippen LogP contribution in [0.5, 0.6) is 0 Å². The number of hydrogen-bond acceptors (Lipinski definition) is 4. The fraction of sp³-hybridized carbons (Fsp3) is 0. The summed E-state index contributed by atoms with van der Waals surface area (Å²) in [4.78, 5) is 30.9. The third kappa shape index (κ3) is 3.64. The second-order valence-corrected chi connectivity index (χ2v) is 4.39. The normalized spacial score (nSPS) is 10.5. The number of aldehydes is 1. The van der Waals surface area contributed by atoms with Crippen molar-refractivity contribution in [2.45, 2.75) is 0 Å². The first-order chi connectivity index (χ1) is 10.1. The molecular weight excluding hydrogens is 292 g/mol. The number of halogens is 1. The van der Waals surface area contributed by atoms with Crippen molar-refractivity contribution < 1.29 is 9.59 Å². The zero-order valence-corrected chi connectivity index (χ0v) is 11.6. The van der Waals surface area contributed by atoms with Crippen LogP contribution in [-0.4, -0.2) is 22.3 Å². The Hall–Kier alpha value is -2.73. The molecule has 0 fully saturated rings. The van der Waals surface area contributed by atoms with Gasteiger partial charge in [-0.2, -0.15) is 0 Å². The molecule has 2 aromatic rings. The van der Waals surface area contributed by atoms with Crippen molar-refractivity contribution in [2.24, 2.45) is 5.73 Å². The average molecular weight is 303 g/mol. The van der Waals surface area contributed by atoms with Crippen molar-refractivity contribution in [3.05, 3.63) is 54.0 Å². The minimum absolute atomic E-state index is 0.255. The number of benzene rings is 1. The van der Waals surface area contributed by atoms with Crippen LogP contribution in [0.15, 0.2) is 48.9 Å². The predicted octanol–water partition coefficient (Wildman–Crippen LogP) is 2.39. The molecule has 2 amide bonds. The largest absolute Gasteiger partial charge is 0.351 e. The standard InChI is InChI=1S/C14H11ClN4O2/c15-11-4-1-3-10(7-11)12-8-13(18-9-17-12)19(14(16)21)5-2-6-20/h1-9H,(H2,16,21)/b5-2-. The number of primary amides is 1. The van der Waals surface area contributed by atoms with E-state index in [0.29, 0.717) is 17.0 Å². The lowest BCUT2D eigenvalue weighted by Gasteiger charge is -2.14. The highest BCUT2D eigenvalue weighted by Gasteiger charge is 2.12. The van der Waals surface area contributed by atoms with Crippen LogP contribution in [0.1, 0.15) is 0 Å². The van der Waals surface area contributed by atoms with Gasteiger partial charge in [0.1, 0.15) is 18.4 Å². The molecule has 2 rings (SSSR count). The number of urea groups is 1. The van der Waals surface area contributed by atoms with Gasteiger partial charge in [0.15, 0.2) is 0 Å². The molecule has 2 N–H and O–H groups in total. The molecule has 0 bridgehead atoms. The van der Waals surface area contributed by atoms with E-state index in [1.54, 1.807) is 24.3 Å². The number of amides is 2. The Morgan fingerprint density at radius 2 is 2.10 bits per heavy atom. The highest BCUT2D eigenvalue weighted by molar-refractivity contribution is 6.30. The Balaban J connectivity index is 2.43. The van der Waals surface area contributed by atoms with Gasteiger partial charge in [-0.15, -0.1) is 0 Å². The third-order valence-corrected chi connectivity index (χ3v) is 2.81. The van der Waals surface area contributed by atoms with Crippen LogP contribution in [0, 0.1) is 0 Å². The van der Waals surface area contributed by atoms with Crippen LogP contribution in [0.2, 0.25) is 5.02 Å². The molecule has 0 spiro atoms. The zero-order valence-electron chi connectivity index (χ0n) is 10.8. The molecule has 1 heterocycles. The van der Waals surface area contributed by atoms with Crippen molar-refractivity contribution in [1.82, 2.24) is 9.97 Å². The van der Waals surface area contributed by atoms with Crippen LogP contribution >= 0.6 is 11.6 Å². The van der Waals surface area contributed by atoms with Crippen molar-refractivity contribution in [3.63, 3.8) is 0 Å². The van der Waals surface area contributed by atoms with E-state index in [1.165, 1.54) is 12.5 Å². The Morgan fingerprint density at radius 3 is 2.76 bits per heavy atom. The number of nitrogens with two attached hydrogens (primary N) is 1. The lowest BCUT2D eigenvalue weighted by atomic mass is 10.1. The highest BCUT2D eigenvalue weighted by atomic mass is 35.5. The summed E-state index contributed by atoms with van der Waals surface area (Å²) in [5.74, 6) is 0.255. The van der Waals surface area contributed by atoms with Crippen LogP contribution in [0.25, 0.3) is 11.3 Å². The van der Waals surface area contributed by atoms with E-state index >= 15 is 0 Å². The maximum absolute atomic E-state index is 11.4. The molecule has 0 unspecified atom stereocenters. The number of carbonyl (C=O) groups excluding carboxylic acids is 2. The highest BCUT2D eigenvalue weighted by Crippen LogP contribution is 2.23. The van der Waals surface area contributed by atoms with E-state index in [1.807, 2.05) is 6.07 Å². The number of allylic oxidation sites excluding steroid dienone is 1. The second kappa shape index (κ2) is 6.62. The molecule has 0 aliphatic heterocycles. The smallest absolute Gasteiger partial charge is 0.324 e. The van der Waals surface area contributed by atoms with Gasteiger partial charge in [0.25, 0.3) is 0 Å². The zero-order chi connectivity index (χ0) is 15.2. The van der Waals surface area contributed by atoms with Gasteiger partial charge >= 0.3 is 6.03 Å². The fourth-order valence-corrected chi connectivity index (χ4v) is 1.86. The third-order valence-electron chi connectivity index (χ3n) is 2.57. The van der Waals surface area contributed by atoms with Gasteiger partial charge in [0.2, 0.25) is 0 Å². The predicted molar refractivity (Wildman–Crippen MR) is 79.7 cm³/mol. The van der Waals surface area contributed by atoms with Gasteiger partial charge in [0, 0.05) is 22.9 Å². The quantitative estimate of drug-likeness (QED) is 0.693. The summed E-state index contributed by atoms with van der Waals surface area (Å²) in [6.45, 7) is 0. The summed E-state index contributed by atoms with van der Waals surface area (Å²) in [5, 5.41) is 0.570. The first kappa shape index (κ1) is 14.7. The lowest BCUT2D eigenvalue weighted by Crippen LogP contribution is -2.31. The molecule has 6 nitrogen and oxygen atoms in total. The van der Waals surface area contributed by atoms with E-state index < -0.39 is 6.03 Å². The molecule has 0 radical (unpaired) electrons. The van der Waals surface area contributed by atoms with Gasteiger partial charge in [-0.1, -0.05) is 23.7 Å². The molecule has 21 heavy (non-hydrogen) atoms. The van der Waals surface area contributed by atoms with E-state index in [2.05, 4.69) is 9.97 Å². The number of nitrogens with zero attached hydrogens (tertiary/aromatic N) is 3. The summed E-state index contributed by atoms with van der Waals surface area (Å²) in [6.07, 6.45) is 4.22. The first-order valence-electron chi connectivity index (χ1n) is 5.90. The summed E-state index contributed by atoms with van der Waals surface area (Å²) < 4.78 is 0. The van der Waals surface area contributed by atoms with E-state index in [4.69, 9.17) is 17.3 Å². The molecule has 0 saturated carbocycles. The van der Waals surface area contributed by atoms with E-state index in [0.717, 1.165) is 16.5 Å². The van der Waals surface area contributed by atoms with Crippen LogP contribution in [0.4, 0.5) is 10.6 Å². The van der Waals surface area contributed by atoms with Crippen LogP contribution in [-0.2, 0) is 4.79 Å². The molecule has 1 aromatic heterocycles. The van der Waals surface area contributed by atoms with Gasteiger partial charge in [-0.25, -0.2) is 14.8 Å². The minimum atomic E-state index is -0.760. The first-order valence-corrected chi connectivity index (χ1v) is 6.28. The maximum Gasteiger partial charge on any atom is 0.324 e. The molecule has 0 aliphatic carbocycles. The number of rotatable bonds is 4. The maximum atomic E-state index is 11.4. The summed E-state index contributed by atoms with van der Waals surface area (Å²) in [5.41, 5.74) is 6.61. The van der Waals surface area contributed by atoms with Gasteiger partial charge in [-0.3, -0.25) is 9.69 Å². The Morgan fingerprint density at radius 1 is 1.29 bits per heavy atom. The molecule has 0 saturated heterocycles. The monoisotopic (exact) mass is 302 g/mol. The SMILES string of the molecule is NC(=O)N(/C=C\C=O)c1cc(-c2cccc(Cl)c2)ncn1. The molecule has 106 valence electrons. The number of carbonyl (C=O) groups is 2. The number of anilines is 1. The topological polar surface area (TPSA) is 89.2 Å². The molecular formula is C14H11ClN4O2. The van der Waals surface area contributed by atoms with Gasteiger partial charge in [-0.05, 0) is 18.2 Å². The number of hydrogen-bond donors (Lipinski definition) is 1. The Labute approximate surface area is 125 Å². The van der Waals surface area contributed by atoms with Crippen LogP contribution in [0.3, 0.4) is 0 Å². The van der Waals surface area contributed by atoms with Crippen molar-refractivity contribution >= 4 is 29.7 Å². The molecule has 0 aliphatic rings. The lowest BCUT2D eigenvalue weighted by molar-refractivity contribution is -0.104. The molecule has 0 atom stereocenters. The van der Waals surface area contributed by atoms with E-state index in [-0.39, 0.29) is 5.82 Å². The van der Waals surface area contributed by atoms with Gasteiger partial charge in [0.05, 0.1) is 5.69 Å². The van der Waals surface area contributed by atoms with Gasteiger partial charge < -0.3 is 5.73 Å². The van der Waals surface area contributed by atoms with E-state index in [9.17, 15) is 9.59 Å². The summed E-state index contributed by atoms with van der Waals surface area (Å²) in [6, 6.07) is 7.92. The molecule has 7 heteroatoms. The Kier molecular flexibility index (Phi) is 4.63. The second-order valence-electron chi connectivity index (χ2n) is 3.96. The number of aromatic nitrogens is 2. The summed E-state index contributed by atoms with van der Waals surface area (Å²) in [7, 11) is 0. The van der Waals surface area contributed by atoms with Crippen LogP contribution < -0.4 is 10.6 Å². The average Bonchev–Trinajstić information content (AvgIpc) is 2.48.